The molecule has 3 heteroatoms. The van der Waals surface area contributed by atoms with Crippen molar-refractivity contribution in [2.45, 2.75) is 65.0 Å². The smallest absolute Gasteiger partial charge is 0.222 e. The van der Waals surface area contributed by atoms with Gasteiger partial charge in [-0.15, -0.1) is 0 Å². The molecule has 0 aromatic heterocycles. The van der Waals surface area contributed by atoms with Gasteiger partial charge in [0.05, 0.1) is 6.10 Å². The number of aliphatic hydroxyl groups is 1. The van der Waals surface area contributed by atoms with E-state index in [2.05, 4.69) is 25.7 Å². The van der Waals surface area contributed by atoms with Crippen molar-refractivity contribution >= 4 is 5.91 Å². The zero-order valence-corrected chi connectivity index (χ0v) is 11.3. The normalized spacial score (nSPS) is 38.2. The molecule has 1 amide bonds. The van der Waals surface area contributed by atoms with Crippen molar-refractivity contribution in [1.82, 2.24) is 4.90 Å². The molecule has 3 nitrogen and oxygen atoms in total. The Morgan fingerprint density at radius 1 is 1.35 bits per heavy atom. The van der Waals surface area contributed by atoms with Gasteiger partial charge in [-0.05, 0) is 37.0 Å². The van der Waals surface area contributed by atoms with E-state index in [1.165, 1.54) is 0 Å². The molecule has 0 radical (unpaired) electrons. The second-order valence-corrected chi connectivity index (χ2v) is 6.62. The van der Waals surface area contributed by atoms with E-state index in [-0.39, 0.29) is 23.5 Å². The molecule has 0 aromatic rings. The van der Waals surface area contributed by atoms with E-state index in [0.717, 1.165) is 32.2 Å². The monoisotopic (exact) mass is 239 g/mol. The van der Waals surface area contributed by atoms with Gasteiger partial charge in [-0.1, -0.05) is 20.8 Å². The molecular weight excluding hydrogens is 214 g/mol. The maximum atomic E-state index is 12.1. The van der Waals surface area contributed by atoms with Crippen molar-refractivity contribution in [2.24, 2.45) is 11.3 Å². The first kappa shape index (κ1) is 12.9. The number of aliphatic hydroxyl groups excluding tert-OH is 1. The highest BCUT2D eigenvalue weighted by atomic mass is 16.3. The molecule has 1 aliphatic heterocycles. The molecule has 98 valence electrons. The van der Waals surface area contributed by atoms with Gasteiger partial charge in [-0.2, -0.15) is 0 Å². The molecule has 1 saturated carbocycles. The number of carbonyl (C=O) groups excluding carboxylic acids is 1. The Kier molecular flexibility index (Phi) is 3.48. The van der Waals surface area contributed by atoms with Gasteiger partial charge in [0, 0.05) is 19.0 Å². The largest absolute Gasteiger partial charge is 0.393 e. The number of piperidine rings is 1. The van der Waals surface area contributed by atoms with Crippen molar-refractivity contribution in [3.8, 4) is 0 Å². The first-order valence-corrected chi connectivity index (χ1v) is 6.87. The van der Waals surface area contributed by atoms with Crippen LogP contribution in [-0.4, -0.2) is 34.6 Å². The lowest BCUT2D eigenvalue weighted by Gasteiger charge is -2.48. The fourth-order valence-corrected chi connectivity index (χ4v) is 3.29. The standard InChI is InChI=1S/C14H25NO2/c1-10-4-5-13(17)15(9-10)12-8-11(16)6-7-14(12,2)3/h10-12,16H,4-9H2,1-3H3. The Balaban J connectivity index is 2.15. The molecular formula is C14H25NO2. The SMILES string of the molecule is CC1CCC(=O)N(C2CC(O)CCC2(C)C)C1. The third-order valence-corrected chi connectivity index (χ3v) is 4.58. The van der Waals surface area contributed by atoms with Crippen LogP contribution < -0.4 is 0 Å². The van der Waals surface area contributed by atoms with E-state index >= 15 is 0 Å². The Labute approximate surface area is 104 Å². The maximum Gasteiger partial charge on any atom is 0.222 e. The van der Waals surface area contributed by atoms with Crippen LogP contribution in [0.3, 0.4) is 0 Å². The van der Waals surface area contributed by atoms with Gasteiger partial charge in [0.15, 0.2) is 0 Å². The van der Waals surface area contributed by atoms with Gasteiger partial charge in [0.1, 0.15) is 0 Å². The van der Waals surface area contributed by atoms with Gasteiger partial charge >= 0.3 is 0 Å². The summed E-state index contributed by atoms with van der Waals surface area (Å²) in [4.78, 5) is 14.1. The molecule has 17 heavy (non-hydrogen) atoms. The minimum atomic E-state index is -0.224. The summed E-state index contributed by atoms with van der Waals surface area (Å²) in [6, 6.07) is 0.224. The Hall–Kier alpha value is -0.570. The molecule has 0 spiro atoms. The van der Waals surface area contributed by atoms with Crippen LogP contribution in [0.5, 0.6) is 0 Å². The third-order valence-electron chi connectivity index (χ3n) is 4.58. The molecule has 2 rings (SSSR count). The fraction of sp³-hybridized carbons (Fsp3) is 0.929. The fourth-order valence-electron chi connectivity index (χ4n) is 3.29. The van der Waals surface area contributed by atoms with Crippen molar-refractivity contribution in [3.63, 3.8) is 0 Å². The molecule has 1 saturated heterocycles. The van der Waals surface area contributed by atoms with Gasteiger partial charge in [0.2, 0.25) is 5.91 Å². The first-order valence-electron chi connectivity index (χ1n) is 6.87. The number of hydrogen-bond donors (Lipinski definition) is 1. The lowest BCUT2D eigenvalue weighted by atomic mass is 9.71. The number of rotatable bonds is 1. The first-order chi connectivity index (χ1) is 7.90. The number of nitrogens with zero attached hydrogens (tertiary/aromatic N) is 1. The van der Waals surface area contributed by atoms with Crippen LogP contribution in [0.4, 0.5) is 0 Å². The summed E-state index contributed by atoms with van der Waals surface area (Å²) < 4.78 is 0. The molecule has 1 heterocycles. The molecule has 2 aliphatic rings. The van der Waals surface area contributed by atoms with Crippen molar-refractivity contribution in [2.75, 3.05) is 6.54 Å². The van der Waals surface area contributed by atoms with Crippen molar-refractivity contribution in [3.05, 3.63) is 0 Å². The minimum absolute atomic E-state index is 0.145. The number of hydrogen-bond acceptors (Lipinski definition) is 2. The quantitative estimate of drug-likeness (QED) is 0.762. The summed E-state index contributed by atoms with van der Waals surface area (Å²) >= 11 is 0. The number of amides is 1. The molecule has 0 bridgehead atoms. The van der Waals surface area contributed by atoms with E-state index in [4.69, 9.17) is 0 Å². The van der Waals surface area contributed by atoms with Gasteiger partial charge in [-0.25, -0.2) is 0 Å². The molecule has 3 atom stereocenters. The predicted molar refractivity (Wildman–Crippen MR) is 67.5 cm³/mol. The summed E-state index contributed by atoms with van der Waals surface area (Å²) in [5, 5.41) is 9.86. The Morgan fingerprint density at radius 3 is 2.76 bits per heavy atom. The zero-order chi connectivity index (χ0) is 12.6. The highest BCUT2D eigenvalue weighted by Gasteiger charge is 2.42. The van der Waals surface area contributed by atoms with E-state index < -0.39 is 0 Å². The van der Waals surface area contributed by atoms with Gasteiger partial charge in [-0.3, -0.25) is 4.79 Å². The average Bonchev–Trinajstić information content (AvgIpc) is 2.26. The highest BCUT2D eigenvalue weighted by Crippen LogP contribution is 2.40. The summed E-state index contributed by atoms with van der Waals surface area (Å²) in [5.41, 5.74) is 0.145. The third kappa shape index (κ3) is 2.65. The topological polar surface area (TPSA) is 40.5 Å². The lowest BCUT2D eigenvalue weighted by molar-refractivity contribution is -0.143. The maximum absolute atomic E-state index is 12.1. The van der Waals surface area contributed by atoms with E-state index in [0.29, 0.717) is 12.3 Å². The summed E-state index contributed by atoms with van der Waals surface area (Å²) in [5.74, 6) is 0.887. The van der Waals surface area contributed by atoms with Crippen LogP contribution in [0, 0.1) is 11.3 Å². The Morgan fingerprint density at radius 2 is 2.06 bits per heavy atom. The van der Waals surface area contributed by atoms with Crippen LogP contribution in [0.1, 0.15) is 52.9 Å². The minimum Gasteiger partial charge on any atom is -0.393 e. The van der Waals surface area contributed by atoms with E-state index in [9.17, 15) is 9.90 Å². The van der Waals surface area contributed by atoms with Gasteiger partial charge in [0.25, 0.3) is 0 Å². The molecule has 2 fully saturated rings. The van der Waals surface area contributed by atoms with E-state index in [1.54, 1.807) is 0 Å². The van der Waals surface area contributed by atoms with Gasteiger partial charge < -0.3 is 10.0 Å². The van der Waals surface area contributed by atoms with Crippen LogP contribution in [0.25, 0.3) is 0 Å². The predicted octanol–water partition coefficient (Wildman–Crippen LogP) is 2.18. The van der Waals surface area contributed by atoms with Crippen LogP contribution in [-0.2, 0) is 4.79 Å². The second-order valence-electron chi connectivity index (χ2n) is 6.62. The highest BCUT2D eigenvalue weighted by molar-refractivity contribution is 5.77. The van der Waals surface area contributed by atoms with Crippen molar-refractivity contribution in [1.29, 1.82) is 0 Å². The number of carbonyl (C=O) groups is 1. The van der Waals surface area contributed by atoms with E-state index in [1.807, 2.05) is 0 Å². The van der Waals surface area contributed by atoms with Crippen molar-refractivity contribution < 1.29 is 9.90 Å². The second kappa shape index (κ2) is 4.60. The molecule has 1 aliphatic carbocycles. The average molecular weight is 239 g/mol. The summed E-state index contributed by atoms with van der Waals surface area (Å²) in [6.07, 6.45) is 4.12. The molecule has 3 unspecified atom stereocenters. The van der Waals surface area contributed by atoms with Crippen LogP contribution >= 0.6 is 0 Å². The lowest BCUT2D eigenvalue weighted by Crippen LogP contribution is -2.55. The molecule has 0 aromatic carbocycles. The Bertz CT molecular complexity index is 301. The van der Waals surface area contributed by atoms with Crippen LogP contribution in [0.2, 0.25) is 0 Å². The zero-order valence-electron chi connectivity index (χ0n) is 11.3. The van der Waals surface area contributed by atoms with Crippen LogP contribution in [0.15, 0.2) is 0 Å². The summed E-state index contributed by atoms with van der Waals surface area (Å²) in [7, 11) is 0. The summed E-state index contributed by atoms with van der Waals surface area (Å²) in [6.45, 7) is 7.55. The number of likely N-dealkylation sites (tertiary alicyclic amines) is 1. The molecule has 1 N–H and O–H groups in total.